The van der Waals surface area contributed by atoms with Crippen LogP contribution in [0.4, 0.5) is 4.39 Å². The van der Waals surface area contributed by atoms with Crippen molar-refractivity contribution < 1.29 is 9.50 Å². The van der Waals surface area contributed by atoms with Gasteiger partial charge in [0, 0.05) is 17.6 Å². The summed E-state index contributed by atoms with van der Waals surface area (Å²) in [6.07, 6.45) is 1.86. The normalized spacial score (nSPS) is 16.8. The number of nitrogens with one attached hydrogen (secondary N) is 1. The highest BCUT2D eigenvalue weighted by atomic mass is 19.1. The Bertz CT molecular complexity index is 435. The maximum Gasteiger partial charge on any atom is 0.129 e. The first-order valence-electron chi connectivity index (χ1n) is 5.23. The van der Waals surface area contributed by atoms with Crippen molar-refractivity contribution in [1.29, 1.82) is 5.26 Å². The standard InChI is InChI=1S/C12H13FN2O/c13-11-5-9(6-14)1-2-10(11)7-15-12(8-16)3-4-12/h1-2,5,15-16H,3-4,7-8H2. The van der Waals surface area contributed by atoms with Gasteiger partial charge in [0.25, 0.3) is 0 Å². The van der Waals surface area contributed by atoms with Gasteiger partial charge in [0.1, 0.15) is 5.82 Å². The van der Waals surface area contributed by atoms with Gasteiger partial charge in [-0.1, -0.05) is 6.07 Å². The smallest absolute Gasteiger partial charge is 0.129 e. The first-order chi connectivity index (χ1) is 7.69. The summed E-state index contributed by atoms with van der Waals surface area (Å²) in [5, 5.41) is 20.8. The maximum absolute atomic E-state index is 13.5. The quantitative estimate of drug-likeness (QED) is 0.804. The molecule has 2 rings (SSSR count). The summed E-state index contributed by atoms with van der Waals surface area (Å²) in [5.74, 6) is -0.375. The zero-order chi connectivity index (χ0) is 11.6. The fraction of sp³-hybridized carbons (Fsp3) is 0.417. The molecule has 1 aliphatic rings. The average Bonchev–Trinajstić information content (AvgIpc) is 3.08. The Morgan fingerprint density at radius 3 is 2.75 bits per heavy atom. The molecular weight excluding hydrogens is 207 g/mol. The highest BCUT2D eigenvalue weighted by Gasteiger charge is 2.41. The van der Waals surface area contributed by atoms with E-state index in [0.29, 0.717) is 17.7 Å². The summed E-state index contributed by atoms with van der Waals surface area (Å²) in [6, 6.07) is 6.32. The van der Waals surface area contributed by atoms with E-state index in [2.05, 4.69) is 5.32 Å². The maximum atomic E-state index is 13.5. The molecule has 16 heavy (non-hydrogen) atoms. The van der Waals surface area contributed by atoms with E-state index in [0.717, 1.165) is 12.8 Å². The van der Waals surface area contributed by atoms with Gasteiger partial charge in [-0.3, -0.25) is 0 Å². The van der Waals surface area contributed by atoms with E-state index in [1.807, 2.05) is 6.07 Å². The third-order valence-corrected chi connectivity index (χ3v) is 2.99. The van der Waals surface area contributed by atoms with Gasteiger partial charge < -0.3 is 10.4 Å². The van der Waals surface area contributed by atoms with E-state index >= 15 is 0 Å². The number of nitrogens with zero attached hydrogens (tertiary/aromatic N) is 1. The van der Waals surface area contributed by atoms with E-state index < -0.39 is 0 Å². The average molecular weight is 220 g/mol. The molecule has 2 N–H and O–H groups in total. The third kappa shape index (κ3) is 2.21. The van der Waals surface area contributed by atoms with E-state index in [1.54, 1.807) is 12.1 Å². The van der Waals surface area contributed by atoms with Crippen LogP contribution in [0.3, 0.4) is 0 Å². The second-order valence-electron chi connectivity index (χ2n) is 4.21. The first kappa shape index (κ1) is 11.1. The Labute approximate surface area is 93.5 Å². The van der Waals surface area contributed by atoms with Crippen molar-refractivity contribution in [2.75, 3.05) is 6.61 Å². The lowest BCUT2D eigenvalue weighted by Crippen LogP contribution is -2.34. The minimum absolute atomic E-state index is 0.0882. The minimum Gasteiger partial charge on any atom is -0.394 e. The van der Waals surface area contributed by atoms with Crippen molar-refractivity contribution in [1.82, 2.24) is 5.32 Å². The molecule has 0 unspecified atom stereocenters. The molecule has 1 aromatic carbocycles. The van der Waals surface area contributed by atoms with Crippen molar-refractivity contribution in [3.63, 3.8) is 0 Å². The fourth-order valence-electron chi connectivity index (χ4n) is 1.58. The molecule has 0 radical (unpaired) electrons. The molecule has 0 aliphatic heterocycles. The molecule has 0 spiro atoms. The lowest BCUT2D eigenvalue weighted by atomic mass is 10.1. The van der Waals surface area contributed by atoms with Crippen LogP contribution in [-0.2, 0) is 6.54 Å². The second kappa shape index (κ2) is 4.20. The third-order valence-electron chi connectivity index (χ3n) is 2.99. The van der Waals surface area contributed by atoms with E-state index in [4.69, 9.17) is 10.4 Å². The zero-order valence-electron chi connectivity index (χ0n) is 8.83. The summed E-state index contributed by atoms with van der Waals surface area (Å²) in [6.45, 7) is 0.475. The molecule has 1 aromatic rings. The number of hydrogen-bond acceptors (Lipinski definition) is 3. The number of benzene rings is 1. The van der Waals surface area contributed by atoms with Gasteiger partial charge >= 0.3 is 0 Å². The van der Waals surface area contributed by atoms with Crippen molar-refractivity contribution in [2.24, 2.45) is 0 Å². The minimum atomic E-state index is -0.375. The number of nitriles is 1. The van der Waals surface area contributed by atoms with E-state index in [9.17, 15) is 4.39 Å². The number of hydrogen-bond donors (Lipinski definition) is 2. The van der Waals surface area contributed by atoms with Gasteiger partial charge in [-0.05, 0) is 25.0 Å². The van der Waals surface area contributed by atoms with E-state index in [-0.39, 0.29) is 18.0 Å². The van der Waals surface area contributed by atoms with Crippen molar-refractivity contribution in [3.05, 3.63) is 35.1 Å². The highest BCUT2D eigenvalue weighted by Crippen LogP contribution is 2.34. The van der Waals surface area contributed by atoms with Crippen LogP contribution >= 0.6 is 0 Å². The van der Waals surface area contributed by atoms with Crippen LogP contribution in [-0.4, -0.2) is 17.3 Å². The Hall–Kier alpha value is -1.44. The predicted octanol–water partition coefficient (Wildman–Crippen LogP) is 1.31. The van der Waals surface area contributed by atoms with Crippen molar-refractivity contribution in [3.8, 4) is 6.07 Å². The van der Waals surface area contributed by atoms with Crippen molar-refractivity contribution in [2.45, 2.75) is 24.9 Å². The second-order valence-corrected chi connectivity index (χ2v) is 4.21. The topological polar surface area (TPSA) is 56.0 Å². The molecule has 0 aromatic heterocycles. The monoisotopic (exact) mass is 220 g/mol. The SMILES string of the molecule is N#Cc1ccc(CNC2(CO)CC2)c(F)c1. The molecular formula is C12H13FN2O. The Kier molecular flexibility index (Phi) is 2.90. The Morgan fingerprint density at radius 2 is 2.25 bits per heavy atom. The van der Waals surface area contributed by atoms with E-state index in [1.165, 1.54) is 6.07 Å². The molecule has 1 saturated carbocycles. The molecule has 0 amide bonds. The lowest BCUT2D eigenvalue weighted by Gasteiger charge is -2.14. The predicted molar refractivity (Wildman–Crippen MR) is 57.0 cm³/mol. The van der Waals surface area contributed by atoms with Gasteiger partial charge in [0.15, 0.2) is 0 Å². The van der Waals surface area contributed by atoms with Gasteiger partial charge in [0.05, 0.1) is 18.2 Å². The van der Waals surface area contributed by atoms with Crippen molar-refractivity contribution >= 4 is 0 Å². The molecule has 3 nitrogen and oxygen atoms in total. The largest absolute Gasteiger partial charge is 0.394 e. The van der Waals surface area contributed by atoms with Gasteiger partial charge in [-0.15, -0.1) is 0 Å². The molecule has 0 heterocycles. The molecule has 84 valence electrons. The highest BCUT2D eigenvalue weighted by molar-refractivity contribution is 5.33. The molecule has 0 bridgehead atoms. The fourth-order valence-corrected chi connectivity index (χ4v) is 1.58. The molecule has 4 heteroatoms. The molecule has 0 atom stereocenters. The summed E-state index contributed by atoms with van der Waals surface area (Å²) < 4.78 is 13.5. The first-order valence-corrected chi connectivity index (χ1v) is 5.23. The summed E-state index contributed by atoms with van der Waals surface area (Å²) >= 11 is 0. The van der Waals surface area contributed by atoms with Gasteiger partial charge in [-0.25, -0.2) is 4.39 Å². The summed E-state index contributed by atoms with van der Waals surface area (Å²) in [4.78, 5) is 0. The molecule has 1 aliphatic carbocycles. The van der Waals surface area contributed by atoms with Gasteiger partial charge in [0.2, 0.25) is 0 Å². The van der Waals surface area contributed by atoms with Crippen LogP contribution in [0.25, 0.3) is 0 Å². The number of aliphatic hydroxyl groups excluding tert-OH is 1. The number of aliphatic hydroxyl groups is 1. The zero-order valence-corrected chi connectivity index (χ0v) is 8.83. The number of rotatable bonds is 4. The van der Waals surface area contributed by atoms with Crippen LogP contribution in [0, 0.1) is 17.1 Å². The van der Waals surface area contributed by atoms with Crippen LogP contribution in [0.5, 0.6) is 0 Å². The molecule has 1 fully saturated rings. The molecule has 0 saturated heterocycles. The van der Waals surface area contributed by atoms with Crippen LogP contribution < -0.4 is 5.32 Å². The Morgan fingerprint density at radius 1 is 1.50 bits per heavy atom. The van der Waals surface area contributed by atoms with Crippen LogP contribution in [0.2, 0.25) is 0 Å². The summed E-state index contributed by atoms with van der Waals surface area (Å²) in [7, 11) is 0. The Balaban J connectivity index is 2.02. The van der Waals surface area contributed by atoms with Crippen LogP contribution in [0.15, 0.2) is 18.2 Å². The van der Waals surface area contributed by atoms with Gasteiger partial charge in [-0.2, -0.15) is 5.26 Å². The summed E-state index contributed by atoms with van der Waals surface area (Å²) in [5.41, 5.74) is 0.656. The van der Waals surface area contributed by atoms with Crippen LogP contribution in [0.1, 0.15) is 24.0 Å². The lowest BCUT2D eigenvalue weighted by molar-refractivity contribution is 0.229. The number of halogens is 1.